The second kappa shape index (κ2) is 8.72. The molecule has 10 heteroatoms. The van der Waals surface area contributed by atoms with E-state index in [1.165, 1.54) is 11.3 Å². The maximum absolute atomic E-state index is 12.1. The number of aryl methyl sites for hydroxylation is 1. The van der Waals surface area contributed by atoms with E-state index in [4.69, 9.17) is 33.6 Å². The molecular weight excluding hydrogens is 377 g/mol. The van der Waals surface area contributed by atoms with Crippen molar-refractivity contribution < 1.29 is 20.0 Å². The number of hydrogen-bond acceptors (Lipinski definition) is 7. The van der Waals surface area contributed by atoms with Crippen LogP contribution in [-0.4, -0.2) is 33.3 Å². The minimum atomic E-state index is -0.338. The van der Waals surface area contributed by atoms with E-state index in [1.54, 1.807) is 25.1 Å². The van der Waals surface area contributed by atoms with Crippen LogP contribution in [0, 0.1) is 6.92 Å². The molecule has 1 heterocycles. The fraction of sp³-hybridized carbons (Fsp3) is 0.286. The SMILES string of the molecule is Cc1nc(NC(=O)Cc2ccc(Cl)cc2Cl)sc1CCON(O)O. The van der Waals surface area contributed by atoms with Crippen LogP contribution < -0.4 is 5.32 Å². The van der Waals surface area contributed by atoms with Crippen LogP contribution >= 0.6 is 34.5 Å². The van der Waals surface area contributed by atoms with Gasteiger partial charge in [-0.2, -0.15) is 0 Å². The maximum Gasteiger partial charge on any atom is 0.230 e. The molecule has 0 bridgehead atoms. The monoisotopic (exact) mass is 391 g/mol. The van der Waals surface area contributed by atoms with Crippen molar-refractivity contribution >= 4 is 45.6 Å². The first-order valence-corrected chi connectivity index (χ1v) is 8.43. The van der Waals surface area contributed by atoms with Crippen molar-refractivity contribution in [3.63, 3.8) is 0 Å². The minimum absolute atomic E-state index is 0.0732. The summed E-state index contributed by atoms with van der Waals surface area (Å²) in [6, 6.07) is 4.96. The number of halogens is 2. The number of hydrogen-bond donors (Lipinski definition) is 3. The lowest BCUT2D eigenvalue weighted by Crippen LogP contribution is -2.16. The molecule has 0 saturated heterocycles. The van der Waals surface area contributed by atoms with Crippen LogP contribution in [0.4, 0.5) is 5.13 Å². The average molecular weight is 392 g/mol. The van der Waals surface area contributed by atoms with Gasteiger partial charge in [-0.1, -0.05) is 29.3 Å². The van der Waals surface area contributed by atoms with E-state index in [9.17, 15) is 4.79 Å². The first-order valence-electron chi connectivity index (χ1n) is 6.86. The highest BCUT2D eigenvalue weighted by Crippen LogP contribution is 2.25. The van der Waals surface area contributed by atoms with E-state index < -0.39 is 0 Å². The number of carbonyl (C=O) groups excluding carboxylic acids is 1. The van der Waals surface area contributed by atoms with Crippen LogP contribution in [0.2, 0.25) is 10.0 Å². The van der Waals surface area contributed by atoms with Gasteiger partial charge in [0.2, 0.25) is 5.91 Å². The van der Waals surface area contributed by atoms with E-state index in [0.717, 1.165) is 10.6 Å². The Balaban J connectivity index is 1.94. The number of nitrogens with one attached hydrogen (secondary N) is 1. The van der Waals surface area contributed by atoms with Gasteiger partial charge < -0.3 is 5.32 Å². The average Bonchev–Trinajstić information content (AvgIpc) is 2.81. The fourth-order valence-electron chi connectivity index (χ4n) is 1.93. The zero-order valence-corrected chi connectivity index (χ0v) is 15.0. The predicted molar refractivity (Wildman–Crippen MR) is 90.7 cm³/mol. The van der Waals surface area contributed by atoms with Crippen LogP contribution in [0.5, 0.6) is 0 Å². The molecule has 130 valence electrons. The van der Waals surface area contributed by atoms with E-state index in [2.05, 4.69) is 15.1 Å². The molecule has 0 aliphatic heterocycles. The summed E-state index contributed by atoms with van der Waals surface area (Å²) in [5.41, 5.74) is 1.41. The summed E-state index contributed by atoms with van der Waals surface area (Å²) in [6.45, 7) is 1.87. The predicted octanol–water partition coefficient (Wildman–Crippen LogP) is 3.49. The summed E-state index contributed by atoms with van der Waals surface area (Å²) in [7, 11) is 0. The highest BCUT2D eigenvalue weighted by atomic mass is 35.5. The highest BCUT2D eigenvalue weighted by molar-refractivity contribution is 7.15. The van der Waals surface area contributed by atoms with Gasteiger partial charge in [0.15, 0.2) is 5.13 Å². The summed E-state index contributed by atoms with van der Waals surface area (Å²) in [5.74, 6) is -0.243. The molecule has 1 aromatic carbocycles. The minimum Gasteiger partial charge on any atom is -0.302 e. The standard InChI is InChI=1S/C14H15Cl2N3O4S/c1-8-12(4-5-23-19(21)22)24-14(17-8)18-13(20)6-9-2-3-10(15)7-11(9)16/h2-3,7,21-22H,4-6H2,1H3,(H,17,18,20). The summed E-state index contributed by atoms with van der Waals surface area (Å²) >= 11 is 13.2. The second-order valence-corrected chi connectivity index (χ2v) is 6.75. The Morgan fingerprint density at radius 3 is 2.83 bits per heavy atom. The van der Waals surface area contributed by atoms with Gasteiger partial charge in [0.05, 0.1) is 24.1 Å². The molecule has 0 aliphatic carbocycles. The Morgan fingerprint density at radius 2 is 2.17 bits per heavy atom. The fourth-order valence-corrected chi connectivity index (χ4v) is 3.37. The van der Waals surface area contributed by atoms with Crippen molar-refractivity contribution in [1.82, 2.24) is 10.4 Å². The molecule has 1 amide bonds. The Labute approximate surface area is 152 Å². The number of anilines is 1. The molecule has 0 fully saturated rings. The Hall–Kier alpha value is -1.26. The van der Waals surface area contributed by atoms with Gasteiger partial charge in [0, 0.05) is 21.3 Å². The van der Waals surface area contributed by atoms with E-state index in [-0.39, 0.29) is 24.3 Å². The smallest absolute Gasteiger partial charge is 0.230 e. The number of amides is 1. The van der Waals surface area contributed by atoms with Crippen molar-refractivity contribution in [3.05, 3.63) is 44.4 Å². The third kappa shape index (κ3) is 5.67. The van der Waals surface area contributed by atoms with Crippen LogP contribution in [0.15, 0.2) is 18.2 Å². The number of thiazole rings is 1. The molecule has 0 saturated carbocycles. The lowest BCUT2D eigenvalue weighted by atomic mass is 10.1. The molecule has 1 aromatic heterocycles. The maximum atomic E-state index is 12.1. The van der Waals surface area contributed by atoms with E-state index in [1.807, 2.05) is 0 Å². The highest BCUT2D eigenvalue weighted by Gasteiger charge is 2.13. The van der Waals surface area contributed by atoms with Gasteiger partial charge in [0.25, 0.3) is 0 Å². The van der Waals surface area contributed by atoms with E-state index in [0.29, 0.717) is 27.2 Å². The quantitative estimate of drug-likeness (QED) is 0.625. The van der Waals surface area contributed by atoms with E-state index >= 15 is 0 Å². The lowest BCUT2D eigenvalue weighted by Gasteiger charge is -2.05. The first-order chi connectivity index (χ1) is 11.3. The van der Waals surface area contributed by atoms with Crippen LogP contribution in [0.1, 0.15) is 16.1 Å². The molecule has 2 rings (SSSR count). The number of carbonyl (C=O) groups is 1. The molecule has 0 aliphatic rings. The van der Waals surface area contributed by atoms with Crippen molar-refractivity contribution in [2.24, 2.45) is 0 Å². The van der Waals surface area contributed by atoms with Crippen LogP contribution in [-0.2, 0) is 22.5 Å². The Kier molecular flexibility index (Phi) is 6.93. The summed E-state index contributed by atoms with van der Waals surface area (Å²) in [6.07, 6.45) is 0.539. The largest absolute Gasteiger partial charge is 0.302 e. The van der Waals surface area contributed by atoms with Gasteiger partial charge >= 0.3 is 0 Å². The third-order valence-electron chi connectivity index (χ3n) is 3.04. The molecule has 2 aromatic rings. The molecule has 3 N–H and O–H groups in total. The zero-order valence-electron chi connectivity index (χ0n) is 12.6. The summed E-state index contributed by atoms with van der Waals surface area (Å²) < 4.78 is 0. The number of rotatable bonds is 7. The van der Waals surface area contributed by atoms with Crippen molar-refractivity contribution in [3.8, 4) is 0 Å². The van der Waals surface area contributed by atoms with Crippen molar-refractivity contribution in [1.29, 1.82) is 0 Å². The van der Waals surface area contributed by atoms with Gasteiger partial charge in [-0.3, -0.25) is 20.0 Å². The second-order valence-electron chi connectivity index (χ2n) is 4.82. The summed E-state index contributed by atoms with van der Waals surface area (Å²) in [4.78, 5) is 21.7. The van der Waals surface area contributed by atoms with Crippen molar-refractivity contribution in [2.45, 2.75) is 19.8 Å². The summed E-state index contributed by atoms with van der Waals surface area (Å²) in [5, 5.41) is 20.7. The molecule has 0 spiro atoms. The van der Waals surface area contributed by atoms with Gasteiger partial charge in [-0.05, 0) is 24.6 Å². The molecule has 0 radical (unpaired) electrons. The van der Waals surface area contributed by atoms with Gasteiger partial charge in [-0.25, -0.2) is 4.98 Å². The van der Waals surface area contributed by atoms with Gasteiger partial charge in [-0.15, -0.1) is 11.3 Å². The Morgan fingerprint density at radius 1 is 1.42 bits per heavy atom. The molecule has 7 nitrogen and oxygen atoms in total. The third-order valence-corrected chi connectivity index (χ3v) is 4.76. The topological polar surface area (TPSA) is 94.9 Å². The number of aromatic nitrogens is 1. The molecule has 24 heavy (non-hydrogen) atoms. The lowest BCUT2D eigenvalue weighted by molar-refractivity contribution is -0.492. The molecular formula is C14H15Cl2N3O4S. The van der Waals surface area contributed by atoms with Crippen LogP contribution in [0.3, 0.4) is 0 Å². The molecule has 0 atom stereocenters. The first kappa shape index (κ1) is 19.1. The van der Waals surface area contributed by atoms with Crippen LogP contribution in [0.25, 0.3) is 0 Å². The van der Waals surface area contributed by atoms with Crippen molar-refractivity contribution in [2.75, 3.05) is 11.9 Å². The normalized spacial score (nSPS) is 11.1. The zero-order chi connectivity index (χ0) is 17.7. The molecule has 0 unspecified atom stereocenters. The number of nitrogens with zero attached hydrogens (tertiary/aromatic N) is 2. The number of benzene rings is 1. The van der Waals surface area contributed by atoms with Gasteiger partial charge in [0.1, 0.15) is 0 Å². The Bertz CT molecular complexity index is 724.